The van der Waals surface area contributed by atoms with Gasteiger partial charge in [0, 0.05) is 4.43 Å². The lowest BCUT2D eigenvalue weighted by atomic mass is 10.1. The van der Waals surface area contributed by atoms with Crippen LogP contribution in [-0.2, 0) is 8.72 Å². The summed E-state index contributed by atoms with van der Waals surface area (Å²) in [6.07, 6.45) is 0. The number of alkyl halides is 1. The number of carbonyl (C=O) groups excluding carboxylic acids is 1. The Morgan fingerprint density at radius 2 is 2.17 bits per heavy atom. The van der Waals surface area contributed by atoms with Gasteiger partial charge in [-0.3, -0.25) is 0 Å². The Morgan fingerprint density at radius 1 is 1.50 bits per heavy atom. The summed E-state index contributed by atoms with van der Waals surface area (Å²) in [6, 6.07) is 7.21. The lowest BCUT2D eigenvalue weighted by molar-refractivity contribution is 0.0750. The number of benzene rings is 1. The van der Waals surface area contributed by atoms with E-state index in [4.69, 9.17) is 11.9 Å². The second kappa shape index (κ2) is 4.67. The van der Waals surface area contributed by atoms with Crippen molar-refractivity contribution in [2.45, 2.75) is 4.43 Å². The summed E-state index contributed by atoms with van der Waals surface area (Å²) in [7, 11) is 0. The molecule has 1 aromatic carbocycles. The second-order valence-corrected chi connectivity index (χ2v) is 3.07. The Morgan fingerprint density at radius 3 is 2.75 bits per heavy atom. The molecule has 4 heteroatoms. The first-order chi connectivity index (χ1) is 5.79. The van der Waals surface area contributed by atoms with Gasteiger partial charge in [0.05, 0.1) is 5.56 Å². The van der Waals surface area contributed by atoms with Crippen molar-refractivity contribution < 1.29 is 9.08 Å². The quantitative estimate of drug-likeness (QED) is 0.619. The molecule has 0 amide bonds. The van der Waals surface area contributed by atoms with Crippen LogP contribution in [0.15, 0.2) is 24.3 Å². The average Bonchev–Trinajstić information content (AvgIpc) is 2.16. The zero-order chi connectivity index (χ0) is 8.97. The Labute approximate surface area is 89.2 Å². The van der Waals surface area contributed by atoms with Gasteiger partial charge < -0.3 is 4.29 Å². The molecule has 1 rings (SSSR count). The van der Waals surface area contributed by atoms with Gasteiger partial charge in [-0.25, -0.2) is 4.79 Å². The lowest BCUT2D eigenvalue weighted by Gasteiger charge is -2.01. The van der Waals surface area contributed by atoms with Gasteiger partial charge in [-0.2, -0.15) is 0 Å². The maximum Gasteiger partial charge on any atom is 0.356 e. The van der Waals surface area contributed by atoms with Gasteiger partial charge >= 0.3 is 5.97 Å². The van der Waals surface area contributed by atoms with E-state index in [1.807, 2.05) is 12.1 Å². The van der Waals surface area contributed by atoms with Crippen molar-refractivity contribution in [2.75, 3.05) is 0 Å². The van der Waals surface area contributed by atoms with Gasteiger partial charge in [-0.05, 0) is 11.6 Å². The molecule has 0 aliphatic heterocycles. The summed E-state index contributed by atoms with van der Waals surface area (Å²) in [4.78, 5) is 11.0. The molecule has 64 valence electrons. The number of hydrogen-bond acceptors (Lipinski definition) is 2. The fourth-order valence-electron chi connectivity index (χ4n) is 0.878. The lowest BCUT2D eigenvalue weighted by Crippen LogP contribution is -2.01. The molecule has 2 nitrogen and oxygen atoms in total. The van der Waals surface area contributed by atoms with Crippen LogP contribution < -0.4 is 0 Å². The van der Waals surface area contributed by atoms with Crippen LogP contribution in [0.25, 0.3) is 0 Å². The van der Waals surface area contributed by atoms with Crippen LogP contribution in [0.3, 0.4) is 0 Å². The highest BCUT2D eigenvalue weighted by atomic mass is 127. The van der Waals surface area contributed by atoms with Crippen molar-refractivity contribution in [1.82, 2.24) is 0 Å². The number of rotatable bonds is 2. The molecule has 0 radical (unpaired) electrons. The SMILES string of the molecule is O=C(OCl)c1ccccc1CI. The van der Waals surface area contributed by atoms with E-state index in [1.165, 1.54) is 0 Å². The topological polar surface area (TPSA) is 26.3 Å². The fourth-order valence-corrected chi connectivity index (χ4v) is 1.63. The summed E-state index contributed by atoms with van der Waals surface area (Å²) in [5.41, 5.74) is 1.46. The first-order valence-corrected chi connectivity index (χ1v) is 5.09. The molecule has 0 fully saturated rings. The molecule has 0 spiro atoms. The Hall–Kier alpha value is -0.290. The van der Waals surface area contributed by atoms with Crippen LogP contribution in [0, 0.1) is 0 Å². The van der Waals surface area contributed by atoms with Gasteiger partial charge in [0.25, 0.3) is 0 Å². The Bertz CT molecular complexity index is 288. The summed E-state index contributed by atoms with van der Waals surface area (Å²) in [6.45, 7) is 0. The van der Waals surface area contributed by atoms with E-state index in [1.54, 1.807) is 12.1 Å². The van der Waals surface area contributed by atoms with Crippen molar-refractivity contribution in [3.8, 4) is 0 Å². The second-order valence-electron chi connectivity index (χ2n) is 2.16. The van der Waals surface area contributed by atoms with E-state index < -0.39 is 5.97 Å². The smallest absolute Gasteiger partial charge is 0.343 e. The van der Waals surface area contributed by atoms with E-state index in [9.17, 15) is 4.79 Å². The van der Waals surface area contributed by atoms with Crippen LogP contribution in [-0.4, -0.2) is 5.97 Å². The monoisotopic (exact) mass is 296 g/mol. The van der Waals surface area contributed by atoms with Crippen LogP contribution >= 0.6 is 34.5 Å². The third-order valence-electron chi connectivity index (χ3n) is 1.45. The highest BCUT2D eigenvalue weighted by molar-refractivity contribution is 14.1. The highest BCUT2D eigenvalue weighted by Crippen LogP contribution is 2.14. The molecule has 12 heavy (non-hydrogen) atoms. The van der Waals surface area contributed by atoms with E-state index >= 15 is 0 Å². The normalized spacial score (nSPS) is 9.50. The van der Waals surface area contributed by atoms with Gasteiger partial charge in [0.1, 0.15) is 11.9 Å². The Kier molecular flexibility index (Phi) is 3.81. The zero-order valence-electron chi connectivity index (χ0n) is 6.09. The molecule has 0 N–H and O–H groups in total. The van der Waals surface area contributed by atoms with Crippen LogP contribution in [0.2, 0.25) is 0 Å². The molecule has 0 aliphatic rings. The summed E-state index contributed by atoms with van der Waals surface area (Å²) in [5, 5.41) is 0. The highest BCUT2D eigenvalue weighted by Gasteiger charge is 2.09. The maximum absolute atomic E-state index is 11.0. The van der Waals surface area contributed by atoms with Crippen molar-refractivity contribution >= 4 is 40.4 Å². The predicted molar refractivity (Wildman–Crippen MR) is 55.4 cm³/mol. The summed E-state index contributed by atoms with van der Waals surface area (Å²) >= 11 is 7.14. The first kappa shape index (κ1) is 9.80. The number of halogens is 2. The molecule has 1 aromatic rings. The van der Waals surface area contributed by atoms with Crippen LogP contribution in [0.4, 0.5) is 0 Å². The minimum atomic E-state index is -0.496. The van der Waals surface area contributed by atoms with E-state index in [2.05, 4.69) is 26.9 Å². The van der Waals surface area contributed by atoms with Crippen molar-refractivity contribution in [2.24, 2.45) is 0 Å². The average molecular weight is 296 g/mol. The third-order valence-corrected chi connectivity index (χ3v) is 2.41. The maximum atomic E-state index is 11.0. The van der Waals surface area contributed by atoms with E-state index in [0.717, 1.165) is 9.99 Å². The van der Waals surface area contributed by atoms with Gasteiger partial charge in [-0.15, -0.1) is 0 Å². The van der Waals surface area contributed by atoms with E-state index in [-0.39, 0.29) is 0 Å². The van der Waals surface area contributed by atoms with Gasteiger partial charge in [-0.1, -0.05) is 40.8 Å². The van der Waals surface area contributed by atoms with Crippen molar-refractivity contribution in [3.63, 3.8) is 0 Å². The number of hydrogen-bond donors (Lipinski definition) is 0. The molecular formula is C8H6ClIO2. The Balaban J connectivity index is 3.04. The third kappa shape index (κ3) is 2.10. The summed E-state index contributed by atoms with van der Waals surface area (Å²) < 4.78 is 4.87. The first-order valence-electron chi connectivity index (χ1n) is 3.26. The molecule has 0 saturated carbocycles. The van der Waals surface area contributed by atoms with Gasteiger partial charge in [0.2, 0.25) is 0 Å². The zero-order valence-corrected chi connectivity index (χ0v) is 9.00. The van der Waals surface area contributed by atoms with Crippen LogP contribution in [0.1, 0.15) is 15.9 Å². The van der Waals surface area contributed by atoms with Crippen molar-refractivity contribution in [3.05, 3.63) is 35.4 Å². The fraction of sp³-hybridized carbons (Fsp3) is 0.125. The largest absolute Gasteiger partial charge is 0.356 e. The van der Waals surface area contributed by atoms with Gasteiger partial charge in [0.15, 0.2) is 0 Å². The molecular weight excluding hydrogens is 290 g/mol. The molecule has 0 aromatic heterocycles. The number of carbonyl (C=O) groups is 1. The molecule has 0 aliphatic carbocycles. The standard InChI is InChI=1S/C8H6ClIO2/c9-12-8(11)7-4-2-1-3-6(7)5-10/h1-4H,5H2. The molecule has 0 saturated heterocycles. The van der Waals surface area contributed by atoms with Crippen LogP contribution in [0.5, 0.6) is 0 Å². The predicted octanol–water partition coefficient (Wildman–Crippen LogP) is 2.93. The minimum absolute atomic E-state index is 0.496. The molecule has 0 bridgehead atoms. The minimum Gasteiger partial charge on any atom is -0.343 e. The van der Waals surface area contributed by atoms with Crippen molar-refractivity contribution in [1.29, 1.82) is 0 Å². The van der Waals surface area contributed by atoms with E-state index in [0.29, 0.717) is 5.56 Å². The molecule has 0 unspecified atom stereocenters. The summed E-state index contributed by atoms with van der Waals surface area (Å²) in [5.74, 6) is -0.496. The molecule has 0 heterocycles. The molecule has 0 atom stereocenters.